The van der Waals surface area contributed by atoms with Gasteiger partial charge in [-0.2, -0.15) is 0 Å². The van der Waals surface area contributed by atoms with Crippen molar-refractivity contribution in [1.82, 2.24) is 0 Å². The number of hydrogen-bond acceptors (Lipinski definition) is 5. The SMILES string of the molecule is O=C(O)c1ccc(CC[C@H]2C(=O)CC[C@@H]2C=CC(O)Cc2ccc3c(c2)OCCO3)cc1. The molecule has 0 radical (unpaired) electrons. The van der Waals surface area contributed by atoms with Crippen molar-refractivity contribution in [3.63, 3.8) is 0 Å². The Labute approximate surface area is 187 Å². The predicted molar refractivity (Wildman–Crippen MR) is 119 cm³/mol. The van der Waals surface area contributed by atoms with E-state index in [0.29, 0.717) is 31.8 Å². The summed E-state index contributed by atoms with van der Waals surface area (Å²) in [6, 6.07) is 12.5. The highest BCUT2D eigenvalue weighted by Gasteiger charge is 2.32. The number of rotatable bonds is 8. The van der Waals surface area contributed by atoms with E-state index in [-0.39, 0.29) is 23.2 Å². The minimum atomic E-state index is -0.942. The molecule has 3 atom stereocenters. The van der Waals surface area contributed by atoms with Crippen molar-refractivity contribution >= 4 is 11.8 Å². The number of carboxylic acid groups (broad SMARTS) is 1. The molecule has 2 aromatic rings. The number of carbonyl (C=O) groups excluding carboxylic acids is 1. The number of aromatic carboxylic acids is 1. The number of benzene rings is 2. The lowest BCUT2D eigenvalue weighted by Crippen LogP contribution is -2.16. The number of aliphatic hydroxyl groups is 1. The number of ketones is 1. The maximum absolute atomic E-state index is 12.4. The van der Waals surface area contributed by atoms with Gasteiger partial charge in [-0.1, -0.05) is 30.4 Å². The van der Waals surface area contributed by atoms with Crippen molar-refractivity contribution in [1.29, 1.82) is 0 Å². The van der Waals surface area contributed by atoms with Gasteiger partial charge in [0.15, 0.2) is 11.5 Å². The van der Waals surface area contributed by atoms with Gasteiger partial charge in [0.05, 0.1) is 11.7 Å². The second-order valence-electron chi connectivity index (χ2n) is 8.45. The van der Waals surface area contributed by atoms with Gasteiger partial charge in [0.2, 0.25) is 0 Å². The van der Waals surface area contributed by atoms with Crippen LogP contribution in [0.3, 0.4) is 0 Å². The fourth-order valence-corrected chi connectivity index (χ4v) is 4.47. The van der Waals surface area contributed by atoms with Gasteiger partial charge >= 0.3 is 5.97 Å². The van der Waals surface area contributed by atoms with E-state index in [9.17, 15) is 14.7 Å². The van der Waals surface area contributed by atoms with E-state index in [2.05, 4.69) is 0 Å². The molecule has 1 fully saturated rings. The third-order valence-corrected chi connectivity index (χ3v) is 6.23. The molecular formula is C26H28O6. The molecule has 1 saturated carbocycles. The van der Waals surface area contributed by atoms with Crippen molar-refractivity contribution in [2.24, 2.45) is 11.8 Å². The van der Waals surface area contributed by atoms with Crippen molar-refractivity contribution in [3.05, 3.63) is 71.3 Å². The van der Waals surface area contributed by atoms with Gasteiger partial charge in [-0.05, 0) is 60.6 Å². The summed E-state index contributed by atoms with van der Waals surface area (Å²) < 4.78 is 11.1. The highest BCUT2D eigenvalue weighted by atomic mass is 16.6. The fourth-order valence-electron chi connectivity index (χ4n) is 4.47. The molecule has 2 N–H and O–H groups in total. The second kappa shape index (κ2) is 10.0. The summed E-state index contributed by atoms with van der Waals surface area (Å²) in [5.41, 5.74) is 2.25. The Morgan fingerprint density at radius 3 is 2.53 bits per heavy atom. The lowest BCUT2D eigenvalue weighted by molar-refractivity contribution is -0.121. The molecule has 0 aromatic heterocycles. The largest absolute Gasteiger partial charge is 0.486 e. The van der Waals surface area contributed by atoms with Gasteiger partial charge in [0.25, 0.3) is 0 Å². The lowest BCUT2D eigenvalue weighted by atomic mass is 9.88. The minimum absolute atomic E-state index is 0.0631. The first-order valence-electron chi connectivity index (χ1n) is 11.1. The maximum atomic E-state index is 12.4. The van der Waals surface area contributed by atoms with E-state index in [0.717, 1.165) is 36.1 Å². The van der Waals surface area contributed by atoms with Crippen LogP contribution in [0.15, 0.2) is 54.6 Å². The highest BCUT2D eigenvalue weighted by Crippen LogP contribution is 2.34. The van der Waals surface area contributed by atoms with Crippen LogP contribution in [0.1, 0.15) is 40.7 Å². The normalized spacial score (nSPS) is 21.1. The molecule has 0 bridgehead atoms. The average Bonchev–Trinajstić information content (AvgIpc) is 3.15. The van der Waals surface area contributed by atoms with E-state index in [1.807, 2.05) is 36.4 Å². The summed E-state index contributed by atoms with van der Waals surface area (Å²) in [4.78, 5) is 23.4. The van der Waals surface area contributed by atoms with Crippen molar-refractivity contribution < 1.29 is 29.3 Å². The van der Waals surface area contributed by atoms with Crippen LogP contribution in [-0.4, -0.2) is 41.3 Å². The van der Waals surface area contributed by atoms with Crippen LogP contribution in [-0.2, 0) is 17.6 Å². The summed E-state index contributed by atoms with van der Waals surface area (Å²) in [5, 5.41) is 19.5. The number of carbonyl (C=O) groups is 2. The Morgan fingerprint density at radius 1 is 1.06 bits per heavy atom. The first-order valence-corrected chi connectivity index (χ1v) is 11.1. The molecule has 1 heterocycles. The first kappa shape index (κ1) is 22.1. The average molecular weight is 437 g/mol. The molecule has 1 aliphatic heterocycles. The molecular weight excluding hydrogens is 408 g/mol. The van der Waals surface area contributed by atoms with Crippen LogP contribution in [0.4, 0.5) is 0 Å². The number of Topliss-reactive ketones (excluding diaryl/α,β-unsaturated/α-hetero) is 1. The van der Waals surface area contributed by atoms with Crippen LogP contribution in [0.5, 0.6) is 11.5 Å². The summed E-state index contributed by atoms with van der Waals surface area (Å²) in [6.07, 6.45) is 6.43. The Morgan fingerprint density at radius 2 is 1.78 bits per heavy atom. The van der Waals surface area contributed by atoms with E-state index < -0.39 is 12.1 Å². The van der Waals surface area contributed by atoms with Crippen LogP contribution < -0.4 is 9.47 Å². The van der Waals surface area contributed by atoms with Gasteiger partial charge in [-0.3, -0.25) is 4.79 Å². The number of aryl methyl sites for hydroxylation is 1. The molecule has 1 aliphatic carbocycles. The summed E-state index contributed by atoms with van der Waals surface area (Å²) in [6.45, 7) is 1.08. The standard InChI is InChI=1S/C26H28O6/c27-21(15-18-4-12-24-25(16-18)32-14-13-31-24)9-7-19-8-11-23(28)22(19)10-3-17-1-5-20(6-2-17)26(29)30/h1-2,4-7,9,12,16,19,21-22,27H,3,8,10-11,13-15H2,(H,29,30)/t19-,21?,22+/m0/s1. The summed E-state index contributed by atoms with van der Waals surface area (Å²) >= 11 is 0. The van der Waals surface area contributed by atoms with Crippen LogP contribution >= 0.6 is 0 Å². The van der Waals surface area contributed by atoms with Crippen LogP contribution in [0.2, 0.25) is 0 Å². The molecule has 6 heteroatoms. The van der Waals surface area contributed by atoms with Crippen molar-refractivity contribution in [3.8, 4) is 11.5 Å². The highest BCUT2D eigenvalue weighted by molar-refractivity contribution is 5.87. The molecule has 6 nitrogen and oxygen atoms in total. The molecule has 2 aromatic carbocycles. The van der Waals surface area contributed by atoms with Gasteiger partial charge in [-0.15, -0.1) is 0 Å². The number of allylic oxidation sites excluding steroid dienone is 1. The Kier molecular flexibility index (Phi) is 6.90. The van der Waals surface area contributed by atoms with Gasteiger partial charge < -0.3 is 19.7 Å². The number of carboxylic acids is 1. The molecule has 0 saturated heterocycles. The van der Waals surface area contributed by atoms with Crippen LogP contribution in [0, 0.1) is 11.8 Å². The van der Waals surface area contributed by atoms with E-state index in [4.69, 9.17) is 14.6 Å². The molecule has 4 rings (SSSR count). The monoisotopic (exact) mass is 436 g/mol. The summed E-state index contributed by atoms with van der Waals surface area (Å²) in [5.74, 6) is 0.825. The second-order valence-corrected chi connectivity index (χ2v) is 8.45. The number of fused-ring (bicyclic) bond motifs is 1. The predicted octanol–water partition coefficient (Wildman–Crippen LogP) is 3.84. The molecule has 32 heavy (non-hydrogen) atoms. The number of ether oxygens (including phenoxy) is 2. The van der Waals surface area contributed by atoms with Gasteiger partial charge in [0.1, 0.15) is 19.0 Å². The number of aliphatic hydroxyl groups excluding tert-OH is 1. The zero-order valence-corrected chi connectivity index (χ0v) is 17.9. The zero-order valence-electron chi connectivity index (χ0n) is 17.9. The minimum Gasteiger partial charge on any atom is -0.486 e. The molecule has 0 spiro atoms. The van der Waals surface area contributed by atoms with E-state index in [1.54, 1.807) is 18.2 Å². The van der Waals surface area contributed by atoms with Gasteiger partial charge in [-0.25, -0.2) is 4.79 Å². The smallest absolute Gasteiger partial charge is 0.335 e. The Hall–Kier alpha value is -3.12. The van der Waals surface area contributed by atoms with E-state index >= 15 is 0 Å². The molecule has 168 valence electrons. The van der Waals surface area contributed by atoms with E-state index in [1.165, 1.54) is 0 Å². The lowest BCUT2D eigenvalue weighted by Gasteiger charge is -2.19. The molecule has 0 amide bonds. The van der Waals surface area contributed by atoms with Crippen molar-refractivity contribution in [2.45, 2.75) is 38.2 Å². The van der Waals surface area contributed by atoms with Crippen molar-refractivity contribution in [2.75, 3.05) is 13.2 Å². The zero-order chi connectivity index (χ0) is 22.5. The van der Waals surface area contributed by atoms with Gasteiger partial charge in [0, 0.05) is 18.8 Å². The third kappa shape index (κ3) is 5.37. The maximum Gasteiger partial charge on any atom is 0.335 e. The fraction of sp³-hybridized carbons (Fsp3) is 0.385. The molecule has 2 aliphatic rings. The first-order chi connectivity index (χ1) is 15.5. The quantitative estimate of drug-likeness (QED) is 0.611. The Balaban J connectivity index is 1.32. The Bertz CT molecular complexity index is 994. The summed E-state index contributed by atoms with van der Waals surface area (Å²) in [7, 11) is 0. The van der Waals surface area contributed by atoms with Crippen LogP contribution in [0.25, 0.3) is 0 Å². The topological polar surface area (TPSA) is 93.1 Å². The third-order valence-electron chi connectivity index (χ3n) is 6.23. The molecule has 1 unspecified atom stereocenters. The number of hydrogen-bond donors (Lipinski definition) is 2.